The molecule has 1 aromatic carbocycles. The van der Waals surface area contributed by atoms with E-state index in [0.29, 0.717) is 12.1 Å². The SMILES string of the molecule is Cc1ccc(NC(C)CC2CCCN2)c(Cl)c1. The summed E-state index contributed by atoms with van der Waals surface area (Å²) in [7, 11) is 0. The molecule has 17 heavy (non-hydrogen) atoms. The van der Waals surface area contributed by atoms with E-state index in [4.69, 9.17) is 11.6 Å². The van der Waals surface area contributed by atoms with E-state index in [2.05, 4.69) is 36.6 Å². The van der Waals surface area contributed by atoms with E-state index in [-0.39, 0.29) is 0 Å². The predicted octanol–water partition coefficient (Wildman–Crippen LogP) is 3.59. The first-order valence-corrected chi connectivity index (χ1v) is 6.79. The molecule has 2 rings (SSSR count). The second-order valence-electron chi connectivity index (χ2n) is 5.06. The van der Waals surface area contributed by atoms with Gasteiger partial charge in [0.25, 0.3) is 0 Å². The maximum Gasteiger partial charge on any atom is 0.0640 e. The topological polar surface area (TPSA) is 24.1 Å². The minimum Gasteiger partial charge on any atom is -0.381 e. The van der Waals surface area contributed by atoms with Crippen LogP contribution in [0.5, 0.6) is 0 Å². The van der Waals surface area contributed by atoms with E-state index < -0.39 is 0 Å². The fourth-order valence-electron chi connectivity index (χ4n) is 2.45. The molecule has 94 valence electrons. The highest BCUT2D eigenvalue weighted by Crippen LogP contribution is 2.24. The van der Waals surface area contributed by atoms with E-state index in [0.717, 1.165) is 17.1 Å². The van der Waals surface area contributed by atoms with Crippen LogP contribution in [0.2, 0.25) is 5.02 Å². The molecule has 0 aliphatic carbocycles. The first-order chi connectivity index (χ1) is 8.15. The molecule has 1 aliphatic rings. The summed E-state index contributed by atoms with van der Waals surface area (Å²) >= 11 is 6.21. The lowest BCUT2D eigenvalue weighted by Crippen LogP contribution is -2.29. The van der Waals surface area contributed by atoms with Crippen LogP contribution in [0.1, 0.15) is 31.7 Å². The van der Waals surface area contributed by atoms with Crippen LogP contribution in [0.3, 0.4) is 0 Å². The summed E-state index contributed by atoms with van der Waals surface area (Å²) in [5, 5.41) is 7.83. The number of anilines is 1. The summed E-state index contributed by atoms with van der Waals surface area (Å²) in [4.78, 5) is 0. The van der Waals surface area contributed by atoms with Crippen molar-refractivity contribution < 1.29 is 0 Å². The van der Waals surface area contributed by atoms with Crippen molar-refractivity contribution in [2.75, 3.05) is 11.9 Å². The number of hydrogen-bond acceptors (Lipinski definition) is 2. The first-order valence-electron chi connectivity index (χ1n) is 6.41. The molecule has 2 unspecified atom stereocenters. The third-order valence-electron chi connectivity index (χ3n) is 3.33. The van der Waals surface area contributed by atoms with Crippen molar-refractivity contribution in [3.63, 3.8) is 0 Å². The van der Waals surface area contributed by atoms with Crippen LogP contribution in [-0.4, -0.2) is 18.6 Å². The first kappa shape index (κ1) is 12.7. The highest BCUT2D eigenvalue weighted by Gasteiger charge is 2.17. The average molecular weight is 253 g/mol. The summed E-state index contributed by atoms with van der Waals surface area (Å²) in [5.74, 6) is 0. The molecular weight excluding hydrogens is 232 g/mol. The Morgan fingerprint density at radius 1 is 1.53 bits per heavy atom. The molecular formula is C14H21ClN2. The number of rotatable bonds is 4. The number of nitrogens with one attached hydrogen (secondary N) is 2. The normalized spacial score (nSPS) is 21.5. The molecule has 1 fully saturated rings. The molecule has 0 bridgehead atoms. The van der Waals surface area contributed by atoms with Gasteiger partial charge in [0.2, 0.25) is 0 Å². The fraction of sp³-hybridized carbons (Fsp3) is 0.571. The second kappa shape index (κ2) is 5.74. The minimum absolute atomic E-state index is 0.450. The molecule has 1 aromatic rings. The van der Waals surface area contributed by atoms with Crippen LogP contribution in [0.25, 0.3) is 0 Å². The molecule has 3 heteroatoms. The van der Waals surface area contributed by atoms with Gasteiger partial charge in [-0.3, -0.25) is 0 Å². The Labute approximate surface area is 109 Å². The standard InChI is InChI=1S/C14H21ClN2/c1-10-5-6-14(13(15)8-10)17-11(2)9-12-4-3-7-16-12/h5-6,8,11-12,16-17H,3-4,7,9H2,1-2H3. The Kier molecular flexibility index (Phi) is 4.30. The molecule has 0 spiro atoms. The van der Waals surface area contributed by atoms with E-state index in [1.54, 1.807) is 0 Å². The van der Waals surface area contributed by atoms with Gasteiger partial charge in [0, 0.05) is 12.1 Å². The van der Waals surface area contributed by atoms with Gasteiger partial charge in [-0.2, -0.15) is 0 Å². The van der Waals surface area contributed by atoms with Crippen molar-refractivity contribution in [2.24, 2.45) is 0 Å². The van der Waals surface area contributed by atoms with Gasteiger partial charge in [-0.1, -0.05) is 17.7 Å². The Bertz CT molecular complexity index is 372. The molecule has 0 amide bonds. The fourth-order valence-corrected chi connectivity index (χ4v) is 2.74. The summed E-state index contributed by atoms with van der Waals surface area (Å²) in [5.41, 5.74) is 2.24. The van der Waals surface area contributed by atoms with Crippen LogP contribution in [0.4, 0.5) is 5.69 Å². The lowest BCUT2D eigenvalue weighted by atomic mass is 10.1. The van der Waals surface area contributed by atoms with Crippen molar-refractivity contribution in [1.82, 2.24) is 5.32 Å². The average Bonchev–Trinajstić information content (AvgIpc) is 2.75. The van der Waals surface area contributed by atoms with Crippen molar-refractivity contribution in [1.29, 1.82) is 0 Å². The quantitative estimate of drug-likeness (QED) is 0.856. The zero-order chi connectivity index (χ0) is 12.3. The summed E-state index contributed by atoms with van der Waals surface area (Å²) in [6, 6.07) is 7.28. The van der Waals surface area contributed by atoms with Gasteiger partial charge >= 0.3 is 0 Å². The van der Waals surface area contributed by atoms with Crippen LogP contribution >= 0.6 is 11.6 Å². The lowest BCUT2D eigenvalue weighted by Gasteiger charge is -2.20. The molecule has 1 heterocycles. The molecule has 2 atom stereocenters. The van der Waals surface area contributed by atoms with Gasteiger partial charge in [0.1, 0.15) is 0 Å². The molecule has 0 aromatic heterocycles. The number of benzene rings is 1. The second-order valence-corrected chi connectivity index (χ2v) is 5.46. The van der Waals surface area contributed by atoms with Crippen LogP contribution in [0, 0.1) is 6.92 Å². The monoisotopic (exact) mass is 252 g/mol. The van der Waals surface area contributed by atoms with Gasteiger partial charge in [0.05, 0.1) is 10.7 Å². The Morgan fingerprint density at radius 3 is 3.00 bits per heavy atom. The summed E-state index contributed by atoms with van der Waals surface area (Å²) < 4.78 is 0. The Morgan fingerprint density at radius 2 is 2.35 bits per heavy atom. The van der Waals surface area contributed by atoms with E-state index in [1.165, 1.54) is 24.9 Å². The number of hydrogen-bond donors (Lipinski definition) is 2. The van der Waals surface area contributed by atoms with Gasteiger partial charge in [-0.15, -0.1) is 0 Å². The summed E-state index contributed by atoms with van der Waals surface area (Å²) in [6.07, 6.45) is 3.76. The Balaban J connectivity index is 1.90. The van der Waals surface area contributed by atoms with Crippen LogP contribution in [0.15, 0.2) is 18.2 Å². The van der Waals surface area contributed by atoms with Crippen molar-refractivity contribution >= 4 is 17.3 Å². The van der Waals surface area contributed by atoms with Gasteiger partial charge < -0.3 is 10.6 Å². The highest BCUT2D eigenvalue weighted by atomic mass is 35.5. The zero-order valence-corrected chi connectivity index (χ0v) is 11.3. The molecule has 1 saturated heterocycles. The van der Waals surface area contributed by atoms with E-state index in [9.17, 15) is 0 Å². The van der Waals surface area contributed by atoms with Crippen LogP contribution < -0.4 is 10.6 Å². The molecule has 2 nitrogen and oxygen atoms in total. The van der Waals surface area contributed by atoms with Gasteiger partial charge in [-0.25, -0.2) is 0 Å². The predicted molar refractivity (Wildman–Crippen MR) is 74.9 cm³/mol. The zero-order valence-electron chi connectivity index (χ0n) is 10.6. The van der Waals surface area contributed by atoms with Gasteiger partial charge in [0.15, 0.2) is 0 Å². The van der Waals surface area contributed by atoms with Crippen molar-refractivity contribution in [3.8, 4) is 0 Å². The largest absolute Gasteiger partial charge is 0.381 e. The van der Waals surface area contributed by atoms with Crippen molar-refractivity contribution in [2.45, 2.75) is 45.2 Å². The molecule has 0 saturated carbocycles. The maximum atomic E-state index is 6.21. The number of aryl methyl sites for hydroxylation is 1. The van der Waals surface area contributed by atoms with E-state index >= 15 is 0 Å². The van der Waals surface area contributed by atoms with E-state index in [1.807, 2.05) is 6.07 Å². The highest BCUT2D eigenvalue weighted by molar-refractivity contribution is 6.33. The molecule has 0 radical (unpaired) electrons. The smallest absolute Gasteiger partial charge is 0.0640 e. The molecule has 1 aliphatic heterocycles. The number of halogens is 1. The molecule has 2 N–H and O–H groups in total. The third-order valence-corrected chi connectivity index (χ3v) is 3.64. The minimum atomic E-state index is 0.450. The van der Waals surface area contributed by atoms with Crippen LogP contribution in [-0.2, 0) is 0 Å². The van der Waals surface area contributed by atoms with Gasteiger partial charge in [-0.05, 0) is 57.4 Å². The van der Waals surface area contributed by atoms with Crippen molar-refractivity contribution in [3.05, 3.63) is 28.8 Å². The Hall–Kier alpha value is -0.730. The summed E-state index contributed by atoms with van der Waals surface area (Å²) in [6.45, 7) is 5.44. The maximum absolute atomic E-state index is 6.21. The third kappa shape index (κ3) is 3.62. The lowest BCUT2D eigenvalue weighted by molar-refractivity contribution is 0.523.